The molecule has 0 spiro atoms. The van der Waals surface area contributed by atoms with E-state index in [2.05, 4.69) is 10.3 Å². The number of halogens is 1. The van der Waals surface area contributed by atoms with E-state index >= 15 is 0 Å². The maximum absolute atomic E-state index is 12.6. The highest BCUT2D eigenvalue weighted by atomic mass is 35.5. The van der Waals surface area contributed by atoms with Gasteiger partial charge in [-0.05, 0) is 50.1 Å². The van der Waals surface area contributed by atoms with Gasteiger partial charge in [-0.1, -0.05) is 35.9 Å². The third-order valence-electron chi connectivity index (χ3n) is 3.76. The van der Waals surface area contributed by atoms with Crippen molar-refractivity contribution >= 4 is 34.5 Å². The minimum absolute atomic E-state index is 0.128. The van der Waals surface area contributed by atoms with Gasteiger partial charge in [0.25, 0.3) is 5.91 Å². The Balaban J connectivity index is 1.98. The van der Waals surface area contributed by atoms with Crippen LogP contribution in [0.4, 0.5) is 5.69 Å². The van der Waals surface area contributed by atoms with Crippen LogP contribution in [-0.4, -0.2) is 10.9 Å². The fourth-order valence-corrected chi connectivity index (χ4v) is 3.72. The number of hydrogen-bond donors (Lipinski definition) is 1. The molecule has 0 saturated carbocycles. The Morgan fingerprint density at radius 1 is 1.08 bits per heavy atom. The number of nitrogens with one attached hydrogen (secondary N) is 1. The van der Waals surface area contributed by atoms with Crippen molar-refractivity contribution in [1.82, 2.24) is 4.98 Å². The minimum Gasteiger partial charge on any atom is -0.321 e. The van der Waals surface area contributed by atoms with E-state index in [0.29, 0.717) is 9.90 Å². The minimum atomic E-state index is -0.128. The van der Waals surface area contributed by atoms with Gasteiger partial charge in [0.15, 0.2) is 0 Å². The van der Waals surface area contributed by atoms with E-state index in [1.54, 1.807) is 0 Å². The summed E-state index contributed by atoms with van der Waals surface area (Å²) < 4.78 is 0. The number of amides is 1. The van der Waals surface area contributed by atoms with Crippen molar-refractivity contribution in [3.63, 3.8) is 0 Å². The van der Waals surface area contributed by atoms with Crippen LogP contribution in [0.3, 0.4) is 0 Å². The number of thiazole rings is 1. The van der Waals surface area contributed by atoms with E-state index in [-0.39, 0.29) is 5.91 Å². The molecule has 2 aromatic carbocycles. The number of anilines is 1. The molecular weight excluding hydrogens is 340 g/mol. The predicted octanol–water partition coefficient (Wildman–Crippen LogP) is 5.64. The van der Waals surface area contributed by atoms with Crippen LogP contribution in [0.1, 0.15) is 25.9 Å². The first kappa shape index (κ1) is 16.7. The number of hydrogen-bond acceptors (Lipinski definition) is 3. The number of aromatic nitrogens is 1. The van der Waals surface area contributed by atoms with Crippen molar-refractivity contribution in [2.45, 2.75) is 20.8 Å². The summed E-state index contributed by atoms with van der Waals surface area (Å²) in [5.41, 5.74) is 4.62. The third kappa shape index (κ3) is 3.35. The van der Waals surface area contributed by atoms with E-state index in [1.165, 1.54) is 11.3 Å². The van der Waals surface area contributed by atoms with Gasteiger partial charge in [0.2, 0.25) is 0 Å². The monoisotopic (exact) mass is 356 g/mol. The summed E-state index contributed by atoms with van der Waals surface area (Å²) in [4.78, 5) is 17.6. The first-order valence-electron chi connectivity index (χ1n) is 7.56. The Morgan fingerprint density at radius 2 is 1.83 bits per heavy atom. The Kier molecular flexibility index (Phi) is 4.69. The summed E-state index contributed by atoms with van der Waals surface area (Å²) in [7, 11) is 0. The van der Waals surface area contributed by atoms with Crippen molar-refractivity contribution in [3.05, 3.63) is 68.6 Å². The van der Waals surface area contributed by atoms with Gasteiger partial charge >= 0.3 is 0 Å². The van der Waals surface area contributed by atoms with Gasteiger partial charge in [-0.15, -0.1) is 11.3 Å². The molecule has 0 aliphatic carbocycles. The predicted molar refractivity (Wildman–Crippen MR) is 101 cm³/mol. The quantitative estimate of drug-likeness (QED) is 0.659. The van der Waals surface area contributed by atoms with Crippen LogP contribution in [0.25, 0.3) is 11.1 Å². The van der Waals surface area contributed by atoms with Crippen LogP contribution in [0.2, 0.25) is 5.02 Å². The first-order valence-corrected chi connectivity index (χ1v) is 8.76. The van der Waals surface area contributed by atoms with Gasteiger partial charge in [-0.25, -0.2) is 4.98 Å². The zero-order valence-electron chi connectivity index (χ0n) is 13.7. The highest BCUT2D eigenvalue weighted by Gasteiger charge is 2.16. The second kappa shape index (κ2) is 6.75. The van der Waals surface area contributed by atoms with E-state index < -0.39 is 0 Å². The zero-order chi connectivity index (χ0) is 17.3. The third-order valence-corrected chi connectivity index (χ3v) is 5.07. The number of carbonyl (C=O) groups excluding carboxylic acids is 1. The second-order valence-electron chi connectivity index (χ2n) is 5.61. The van der Waals surface area contributed by atoms with E-state index in [0.717, 1.165) is 33.1 Å². The SMILES string of the molecule is Cc1nc(C)c(C(=O)Nc2ccccc2-c2ccc(Cl)cc2C)s1. The van der Waals surface area contributed by atoms with E-state index in [4.69, 9.17) is 11.6 Å². The maximum Gasteiger partial charge on any atom is 0.267 e. The van der Waals surface area contributed by atoms with Crippen molar-refractivity contribution in [2.75, 3.05) is 5.32 Å². The molecule has 1 aromatic heterocycles. The molecule has 24 heavy (non-hydrogen) atoms. The summed E-state index contributed by atoms with van der Waals surface area (Å²) in [5, 5.41) is 4.61. The van der Waals surface area contributed by atoms with Crippen molar-refractivity contribution in [3.8, 4) is 11.1 Å². The van der Waals surface area contributed by atoms with Crippen molar-refractivity contribution in [2.24, 2.45) is 0 Å². The summed E-state index contributed by atoms with van der Waals surface area (Å²) in [6.45, 7) is 5.77. The molecule has 0 unspecified atom stereocenters. The number of benzene rings is 2. The van der Waals surface area contributed by atoms with Crippen LogP contribution >= 0.6 is 22.9 Å². The molecule has 0 fully saturated rings. The Morgan fingerprint density at radius 3 is 2.50 bits per heavy atom. The Labute approximate surface area is 150 Å². The maximum atomic E-state index is 12.6. The average molecular weight is 357 g/mol. The molecule has 3 aromatic rings. The van der Waals surface area contributed by atoms with Crippen LogP contribution in [-0.2, 0) is 0 Å². The van der Waals surface area contributed by atoms with Gasteiger partial charge in [0.05, 0.1) is 10.7 Å². The van der Waals surface area contributed by atoms with Crippen LogP contribution < -0.4 is 5.32 Å². The molecule has 0 atom stereocenters. The zero-order valence-corrected chi connectivity index (χ0v) is 15.3. The Hall–Kier alpha value is -2.17. The average Bonchev–Trinajstić information content (AvgIpc) is 2.87. The standard InChI is InChI=1S/C19H17ClN2OS/c1-11-10-14(20)8-9-15(11)16-6-4-5-7-17(16)22-19(23)18-12(2)21-13(3)24-18/h4-10H,1-3H3,(H,22,23). The number of rotatable bonds is 3. The lowest BCUT2D eigenvalue weighted by molar-refractivity contribution is 0.103. The number of para-hydroxylation sites is 1. The highest BCUT2D eigenvalue weighted by Crippen LogP contribution is 2.32. The van der Waals surface area contributed by atoms with Crippen molar-refractivity contribution < 1.29 is 4.79 Å². The summed E-state index contributed by atoms with van der Waals surface area (Å²) >= 11 is 7.46. The van der Waals surface area contributed by atoms with E-state index in [9.17, 15) is 4.79 Å². The number of carbonyl (C=O) groups is 1. The van der Waals surface area contributed by atoms with Crippen LogP contribution in [0, 0.1) is 20.8 Å². The molecule has 0 saturated heterocycles. The fraction of sp³-hybridized carbons (Fsp3) is 0.158. The van der Waals surface area contributed by atoms with Crippen molar-refractivity contribution in [1.29, 1.82) is 0 Å². The molecule has 0 radical (unpaired) electrons. The fourth-order valence-electron chi connectivity index (χ4n) is 2.68. The number of aryl methyl sites for hydroxylation is 3. The van der Waals surface area contributed by atoms with E-state index in [1.807, 2.05) is 63.2 Å². The van der Waals surface area contributed by atoms with Gasteiger partial charge in [-0.3, -0.25) is 4.79 Å². The summed E-state index contributed by atoms with van der Waals surface area (Å²) in [6.07, 6.45) is 0. The normalized spacial score (nSPS) is 10.7. The van der Waals surface area contributed by atoms with Crippen LogP contribution in [0.15, 0.2) is 42.5 Å². The molecule has 1 N–H and O–H groups in total. The largest absolute Gasteiger partial charge is 0.321 e. The lowest BCUT2D eigenvalue weighted by atomic mass is 9.99. The Bertz CT molecular complexity index is 917. The molecule has 0 aliphatic heterocycles. The second-order valence-corrected chi connectivity index (χ2v) is 7.25. The van der Waals surface area contributed by atoms with Gasteiger partial charge < -0.3 is 5.32 Å². The summed E-state index contributed by atoms with van der Waals surface area (Å²) in [5.74, 6) is -0.128. The van der Waals surface area contributed by atoms with Crippen LogP contribution in [0.5, 0.6) is 0 Å². The molecule has 5 heteroatoms. The lowest BCUT2D eigenvalue weighted by Gasteiger charge is -2.13. The number of nitrogens with zero attached hydrogens (tertiary/aromatic N) is 1. The van der Waals surface area contributed by atoms with Gasteiger partial charge in [-0.2, -0.15) is 0 Å². The smallest absolute Gasteiger partial charge is 0.267 e. The summed E-state index contributed by atoms with van der Waals surface area (Å²) in [6, 6.07) is 13.5. The first-order chi connectivity index (χ1) is 11.5. The molecule has 0 bridgehead atoms. The highest BCUT2D eigenvalue weighted by molar-refractivity contribution is 7.13. The topological polar surface area (TPSA) is 42.0 Å². The molecule has 0 aliphatic rings. The van der Waals surface area contributed by atoms with Gasteiger partial charge in [0.1, 0.15) is 4.88 Å². The molecular formula is C19H17ClN2OS. The molecule has 3 nitrogen and oxygen atoms in total. The lowest BCUT2D eigenvalue weighted by Crippen LogP contribution is -2.12. The molecule has 3 rings (SSSR count). The molecule has 1 amide bonds. The molecule has 122 valence electrons. The molecule has 1 heterocycles. The van der Waals surface area contributed by atoms with Gasteiger partial charge in [0, 0.05) is 16.3 Å².